The van der Waals surface area contributed by atoms with Crippen LogP contribution in [0.2, 0.25) is 0 Å². The van der Waals surface area contributed by atoms with Crippen molar-refractivity contribution in [1.29, 1.82) is 0 Å². The van der Waals surface area contributed by atoms with Gasteiger partial charge in [0.15, 0.2) is 5.78 Å². The number of ketones is 1. The molecule has 4 aromatic rings. The van der Waals surface area contributed by atoms with E-state index in [2.05, 4.69) is 38.6 Å². The SMILES string of the molecule is CN1CCN(c2nc3cc(C(=O)CNc4ccccn4)ccc3c3sccc23)CC1. The number of piperazine rings is 1. The number of pyridine rings is 2. The van der Waals surface area contributed by atoms with Gasteiger partial charge in [-0.05, 0) is 36.7 Å². The molecule has 1 aliphatic heterocycles. The zero-order chi connectivity index (χ0) is 20.5. The molecule has 0 saturated carbocycles. The molecule has 0 radical (unpaired) electrons. The first-order valence-corrected chi connectivity index (χ1v) is 11.0. The number of nitrogens with zero attached hydrogens (tertiary/aromatic N) is 4. The second kappa shape index (κ2) is 8.01. The van der Waals surface area contributed by atoms with Crippen molar-refractivity contribution in [3.63, 3.8) is 0 Å². The molecule has 152 valence electrons. The molecule has 5 rings (SSSR count). The number of hydrogen-bond donors (Lipinski definition) is 1. The van der Waals surface area contributed by atoms with E-state index in [4.69, 9.17) is 4.98 Å². The summed E-state index contributed by atoms with van der Waals surface area (Å²) in [5.74, 6) is 1.75. The van der Waals surface area contributed by atoms with E-state index in [0.717, 1.165) is 42.9 Å². The van der Waals surface area contributed by atoms with Gasteiger partial charge in [0.25, 0.3) is 0 Å². The van der Waals surface area contributed by atoms with E-state index in [1.54, 1.807) is 17.5 Å². The third-order valence-corrected chi connectivity index (χ3v) is 6.54. The molecule has 4 heterocycles. The van der Waals surface area contributed by atoms with Crippen LogP contribution >= 0.6 is 11.3 Å². The Hall–Kier alpha value is -3.03. The molecule has 0 unspecified atom stereocenters. The summed E-state index contributed by atoms with van der Waals surface area (Å²) in [4.78, 5) is 26.7. The second-order valence-electron chi connectivity index (χ2n) is 7.61. The minimum atomic E-state index is 0.0248. The van der Waals surface area contributed by atoms with E-state index < -0.39 is 0 Å². The van der Waals surface area contributed by atoms with Crippen molar-refractivity contribution in [2.45, 2.75) is 0 Å². The maximum atomic E-state index is 12.8. The van der Waals surface area contributed by atoms with Crippen molar-refractivity contribution in [2.24, 2.45) is 0 Å². The summed E-state index contributed by atoms with van der Waals surface area (Å²) in [6, 6.07) is 13.6. The summed E-state index contributed by atoms with van der Waals surface area (Å²) >= 11 is 1.73. The van der Waals surface area contributed by atoms with Crippen molar-refractivity contribution in [3.8, 4) is 0 Å². The van der Waals surface area contributed by atoms with E-state index >= 15 is 0 Å². The van der Waals surface area contributed by atoms with Crippen LogP contribution in [0.4, 0.5) is 11.6 Å². The molecule has 0 amide bonds. The van der Waals surface area contributed by atoms with Crippen LogP contribution < -0.4 is 10.2 Å². The highest BCUT2D eigenvalue weighted by Gasteiger charge is 2.20. The Morgan fingerprint density at radius 1 is 1.10 bits per heavy atom. The van der Waals surface area contributed by atoms with Gasteiger partial charge in [-0.1, -0.05) is 18.2 Å². The molecular formula is C23H23N5OS. The molecular weight excluding hydrogens is 394 g/mol. The van der Waals surface area contributed by atoms with Crippen LogP contribution in [0, 0.1) is 0 Å². The predicted octanol–water partition coefficient (Wildman–Crippen LogP) is 3.89. The molecule has 1 aliphatic rings. The molecule has 1 aromatic carbocycles. The molecule has 0 atom stereocenters. The first-order chi connectivity index (χ1) is 14.7. The number of hydrogen-bond acceptors (Lipinski definition) is 7. The van der Waals surface area contributed by atoms with Crippen LogP contribution in [-0.2, 0) is 0 Å². The lowest BCUT2D eigenvalue weighted by atomic mass is 10.1. The molecule has 1 saturated heterocycles. The zero-order valence-electron chi connectivity index (χ0n) is 16.8. The zero-order valence-corrected chi connectivity index (χ0v) is 17.7. The lowest BCUT2D eigenvalue weighted by Gasteiger charge is -2.33. The first kappa shape index (κ1) is 19.0. The molecule has 30 heavy (non-hydrogen) atoms. The number of carbonyl (C=O) groups excluding carboxylic acids is 1. The fourth-order valence-electron chi connectivity index (χ4n) is 3.86. The fraction of sp³-hybridized carbons (Fsp3) is 0.261. The Bertz CT molecular complexity index is 1200. The molecule has 6 nitrogen and oxygen atoms in total. The normalized spacial score (nSPS) is 15.0. The summed E-state index contributed by atoms with van der Waals surface area (Å²) in [6.07, 6.45) is 1.71. The van der Waals surface area contributed by atoms with Crippen LogP contribution in [-0.4, -0.2) is 60.4 Å². The van der Waals surface area contributed by atoms with Crippen LogP contribution in [0.5, 0.6) is 0 Å². The van der Waals surface area contributed by atoms with Crippen molar-refractivity contribution < 1.29 is 4.79 Å². The van der Waals surface area contributed by atoms with Gasteiger partial charge >= 0.3 is 0 Å². The highest BCUT2D eigenvalue weighted by molar-refractivity contribution is 7.18. The van der Waals surface area contributed by atoms with Crippen LogP contribution in [0.1, 0.15) is 10.4 Å². The lowest BCUT2D eigenvalue weighted by molar-refractivity contribution is 0.101. The second-order valence-corrected chi connectivity index (χ2v) is 8.53. The summed E-state index contributed by atoms with van der Waals surface area (Å²) in [6.45, 7) is 4.19. The van der Waals surface area contributed by atoms with E-state index in [1.165, 1.54) is 10.1 Å². The van der Waals surface area contributed by atoms with Crippen molar-refractivity contribution in [3.05, 3.63) is 59.6 Å². The minimum Gasteiger partial charge on any atom is -0.363 e. The summed E-state index contributed by atoms with van der Waals surface area (Å²) in [5, 5.41) is 7.52. The minimum absolute atomic E-state index is 0.0248. The van der Waals surface area contributed by atoms with E-state index in [0.29, 0.717) is 11.4 Å². The third kappa shape index (κ3) is 3.62. The molecule has 1 N–H and O–H groups in total. The number of Topliss-reactive ketones (excluding diaryl/α,β-unsaturated/α-hetero) is 1. The molecule has 3 aromatic heterocycles. The van der Waals surface area contributed by atoms with Crippen LogP contribution in [0.25, 0.3) is 21.0 Å². The standard InChI is InChI=1S/C23H23N5OS/c1-27-9-11-28(12-10-27)23-18-7-13-30-22(18)17-6-5-16(14-19(17)26-23)20(29)15-25-21-4-2-3-8-24-21/h2-8,13-14H,9-12,15H2,1H3,(H,24,25). The first-order valence-electron chi connectivity index (χ1n) is 10.1. The summed E-state index contributed by atoms with van der Waals surface area (Å²) in [5.41, 5.74) is 1.54. The Balaban J connectivity index is 1.47. The van der Waals surface area contributed by atoms with Gasteiger partial charge < -0.3 is 15.1 Å². The average molecular weight is 418 g/mol. The number of rotatable bonds is 5. The molecule has 0 spiro atoms. The molecule has 0 aliphatic carbocycles. The average Bonchev–Trinajstić information content (AvgIpc) is 3.28. The van der Waals surface area contributed by atoms with Gasteiger partial charge in [0, 0.05) is 53.4 Å². The van der Waals surface area contributed by atoms with Gasteiger partial charge in [-0.2, -0.15) is 0 Å². The van der Waals surface area contributed by atoms with Crippen LogP contribution in [0.15, 0.2) is 54.0 Å². The topological polar surface area (TPSA) is 61.4 Å². The van der Waals surface area contributed by atoms with Gasteiger partial charge in [0.05, 0.1) is 12.1 Å². The number of aromatic nitrogens is 2. The predicted molar refractivity (Wildman–Crippen MR) is 124 cm³/mol. The lowest BCUT2D eigenvalue weighted by Crippen LogP contribution is -2.44. The maximum Gasteiger partial charge on any atom is 0.181 e. The fourth-order valence-corrected chi connectivity index (χ4v) is 4.78. The largest absolute Gasteiger partial charge is 0.363 e. The Morgan fingerprint density at radius 3 is 2.77 bits per heavy atom. The number of fused-ring (bicyclic) bond motifs is 3. The Morgan fingerprint density at radius 2 is 1.97 bits per heavy atom. The quantitative estimate of drug-likeness (QED) is 0.497. The Labute approximate surface area is 179 Å². The number of nitrogens with one attached hydrogen (secondary N) is 1. The molecule has 0 bridgehead atoms. The summed E-state index contributed by atoms with van der Waals surface area (Å²) < 4.78 is 1.24. The number of benzene rings is 1. The van der Waals surface area contributed by atoms with Gasteiger partial charge in [0.2, 0.25) is 0 Å². The van der Waals surface area contributed by atoms with Crippen LogP contribution in [0.3, 0.4) is 0 Å². The van der Waals surface area contributed by atoms with E-state index in [-0.39, 0.29) is 12.3 Å². The van der Waals surface area contributed by atoms with E-state index in [1.807, 2.05) is 36.4 Å². The van der Waals surface area contributed by atoms with E-state index in [9.17, 15) is 4.79 Å². The van der Waals surface area contributed by atoms with Crippen molar-refractivity contribution in [1.82, 2.24) is 14.9 Å². The van der Waals surface area contributed by atoms with Gasteiger partial charge in [-0.15, -0.1) is 11.3 Å². The third-order valence-electron chi connectivity index (χ3n) is 5.59. The Kier molecular flexibility index (Phi) is 5.06. The van der Waals surface area contributed by atoms with Gasteiger partial charge in [-0.25, -0.2) is 9.97 Å². The van der Waals surface area contributed by atoms with Gasteiger partial charge in [0.1, 0.15) is 11.6 Å². The molecule has 7 heteroatoms. The monoisotopic (exact) mass is 417 g/mol. The number of carbonyl (C=O) groups is 1. The number of anilines is 2. The van der Waals surface area contributed by atoms with Crippen molar-refractivity contribution in [2.75, 3.05) is 50.0 Å². The number of likely N-dealkylation sites (N-methyl/N-ethyl adjacent to an activating group) is 1. The van der Waals surface area contributed by atoms with Gasteiger partial charge in [-0.3, -0.25) is 4.79 Å². The highest BCUT2D eigenvalue weighted by atomic mass is 32.1. The summed E-state index contributed by atoms with van der Waals surface area (Å²) in [7, 11) is 2.15. The molecule has 1 fully saturated rings. The van der Waals surface area contributed by atoms with Crippen molar-refractivity contribution >= 4 is 49.7 Å². The highest BCUT2D eigenvalue weighted by Crippen LogP contribution is 2.35. The maximum absolute atomic E-state index is 12.8. The number of thiophene rings is 1. The smallest absolute Gasteiger partial charge is 0.181 e.